The minimum atomic E-state index is -0.516. The summed E-state index contributed by atoms with van der Waals surface area (Å²) in [5.74, 6) is 0. The van der Waals surface area contributed by atoms with Crippen LogP contribution in [0.5, 0.6) is 0 Å². The Morgan fingerprint density at radius 1 is 1.56 bits per heavy atom. The average molecular weight is 230 g/mol. The van der Waals surface area contributed by atoms with Gasteiger partial charge < -0.3 is 20.9 Å². The molecule has 4 N–H and O–H groups in total. The lowest BCUT2D eigenvalue weighted by Gasteiger charge is -2.46. The van der Waals surface area contributed by atoms with Gasteiger partial charge in [0.25, 0.3) is 0 Å². The highest BCUT2D eigenvalue weighted by atomic mass is 16.6. The maximum Gasteiger partial charge on any atom is 0.408 e. The van der Waals surface area contributed by atoms with Gasteiger partial charge in [0.15, 0.2) is 0 Å². The Bertz CT molecular complexity index is 256. The van der Waals surface area contributed by atoms with E-state index < -0.39 is 23.3 Å². The molecule has 1 atom stereocenters. The molecule has 0 aromatic rings. The van der Waals surface area contributed by atoms with Crippen molar-refractivity contribution >= 4 is 6.09 Å². The Morgan fingerprint density at radius 3 is 2.44 bits per heavy atom. The molecule has 1 aliphatic carbocycles. The first kappa shape index (κ1) is 13.3. The van der Waals surface area contributed by atoms with Crippen LogP contribution in [-0.4, -0.2) is 35.0 Å². The Morgan fingerprint density at radius 2 is 2.12 bits per heavy atom. The standard InChI is InChI=1S/C11H22N2O3/c1-10(2,3)16-9(15)13-11(5-4-6-11)8(12)7-14/h8,14H,4-7,12H2,1-3H3,(H,13,15)/t8-/m0/s1. The molecule has 1 aliphatic rings. The fraction of sp³-hybridized carbons (Fsp3) is 0.909. The van der Waals surface area contributed by atoms with Crippen molar-refractivity contribution in [3.05, 3.63) is 0 Å². The van der Waals surface area contributed by atoms with Crippen LogP contribution in [-0.2, 0) is 4.74 Å². The van der Waals surface area contributed by atoms with Crippen LogP contribution >= 0.6 is 0 Å². The first-order chi connectivity index (χ1) is 7.29. The largest absolute Gasteiger partial charge is 0.444 e. The number of rotatable bonds is 3. The smallest absolute Gasteiger partial charge is 0.408 e. The molecule has 94 valence electrons. The van der Waals surface area contributed by atoms with E-state index in [0.29, 0.717) is 0 Å². The number of nitrogens with one attached hydrogen (secondary N) is 1. The van der Waals surface area contributed by atoms with Crippen LogP contribution in [0.4, 0.5) is 4.79 Å². The maximum atomic E-state index is 11.6. The van der Waals surface area contributed by atoms with E-state index in [1.807, 2.05) is 20.8 Å². The van der Waals surface area contributed by atoms with Crippen LogP contribution in [0, 0.1) is 0 Å². The molecule has 5 nitrogen and oxygen atoms in total. The number of nitrogens with two attached hydrogens (primary N) is 1. The molecule has 0 aromatic carbocycles. The van der Waals surface area contributed by atoms with Crippen LogP contribution in [0.2, 0.25) is 0 Å². The lowest BCUT2D eigenvalue weighted by atomic mass is 9.72. The topological polar surface area (TPSA) is 84.6 Å². The summed E-state index contributed by atoms with van der Waals surface area (Å²) in [5.41, 5.74) is 4.81. The summed E-state index contributed by atoms with van der Waals surface area (Å²) in [4.78, 5) is 11.6. The number of aliphatic hydroxyl groups excluding tert-OH is 1. The molecule has 1 fully saturated rings. The number of carbonyl (C=O) groups is 1. The summed E-state index contributed by atoms with van der Waals surface area (Å²) < 4.78 is 5.18. The molecule has 0 heterocycles. The van der Waals surface area contributed by atoms with Gasteiger partial charge in [0.1, 0.15) is 5.60 Å². The third-order valence-electron chi connectivity index (χ3n) is 2.90. The normalized spacial score (nSPS) is 20.8. The van der Waals surface area contributed by atoms with E-state index in [2.05, 4.69) is 5.32 Å². The molecule has 0 bridgehead atoms. The first-order valence-electron chi connectivity index (χ1n) is 5.67. The van der Waals surface area contributed by atoms with Gasteiger partial charge in [-0.1, -0.05) is 0 Å². The lowest BCUT2D eigenvalue weighted by Crippen LogP contribution is -2.65. The highest BCUT2D eigenvalue weighted by Crippen LogP contribution is 2.34. The van der Waals surface area contributed by atoms with Crippen molar-refractivity contribution in [3.63, 3.8) is 0 Å². The van der Waals surface area contributed by atoms with Crippen LogP contribution in [0.25, 0.3) is 0 Å². The molecule has 0 saturated heterocycles. The molecular formula is C11H22N2O3. The Hall–Kier alpha value is -0.810. The highest BCUT2D eigenvalue weighted by Gasteiger charge is 2.44. The van der Waals surface area contributed by atoms with Gasteiger partial charge in [-0.2, -0.15) is 0 Å². The van der Waals surface area contributed by atoms with Crippen molar-refractivity contribution in [1.29, 1.82) is 0 Å². The van der Waals surface area contributed by atoms with E-state index in [0.717, 1.165) is 19.3 Å². The predicted molar refractivity (Wildman–Crippen MR) is 61.0 cm³/mol. The van der Waals surface area contributed by atoms with E-state index in [-0.39, 0.29) is 6.61 Å². The summed E-state index contributed by atoms with van der Waals surface area (Å²) in [7, 11) is 0. The number of carbonyl (C=O) groups excluding carboxylic acids is 1. The summed E-state index contributed by atoms with van der Waals surface area (Å²) in [5, 5.41) is 11.9. The zero-order valence-electron chi connectivity index (χ0n) is 10.2. The molecule has 0 aliphatic heterocycles. The molecule has 0 spiro atoms. The number of amides is 1. The Balaban J connectivity index is 2.54. The molecule has 1 saturated carbocycles. The van der Waals surface area contributed by atoms with Gasteiger partial charge in [0, 0.05) is 0 Å². The molecule has 0 radical (unpaired) electrons. The summed E-state index contributed by atoms with van der Waals surface area (Å²) in [6.07, 6.45) is 2.15. The Labute approximate surface area is 96.3 Å². The van der Waals surface area contributed by atoms with E-state index in [9.17, 15) is 4.79 Å². The van der Waals surface area contributed by atoms with E-state index in [1.165, 1.54) is 0 Å². The van der Waals surface area contributed by atoms with E-state index >= 15 is 0 Å². The number of ether oxygens (including phenoxy) is 1. The maximum absolute atomic E-state index is 11.6. The van der Waals surface area contributed by atoms with Crippen LogP contribution in [0.15, 0.2) is 0 Å². The van der Waals surface area contributed by atoms with E-state index in [4.69, 9.17) is 15.6 Å². The van der Waals surface area contributed by atoms with Crippen LogP contribution in [0.3, 0.4) is 0 Å². The minimum Gasteiger partial charge on any atom is -0.444 e. The van der Waals surface area contributed by atoms with Crippen molar-refractivity contribution < 1.29 is 14.6 Å². The minimum absolute atomic E-state index is 0.129. The molecule has 0 aromatic heterocycles. The third kappa shape index (κ3) is 3.09. The third-order valence-corrected chi connectivity index (χ3v) is 2.90. The van der Waals surface area contributed by atoms with Gasteiger partial charge in [0.05, 0.1) is 18.2 Å². The van der Waals surface area contributed by atoms with Crippen molar-refractivity contribution in [2.75, 3.05) is 6.61 Å². The number of aliphatic hydroxyl groups is 1. The van der Waals surface area contributed by atoms with Gasteiger partial charge in [0.2, 0.25) is 0 Å². The summed E-state index contributed by atoms with van der Waals surface area (Å²) in [6, 6.07) is -0.422. The molecule has 1 rings (SSSR count). The SMILES string of the molecule is CC(C)(C)OC(=O)NC1([C@@H](N)CO)CCC1. The molecule has 1 amide bonds. The van der Waals surface area contributed by atoms with E-state index in [1.54, 1.807) is 0 Å². The quantitative estimate of drug-likeness (QED) is 0.668. The Kier molecular flexibility index (Phi) is 3.80. The van der Waals surface area contributed by atoms with Gasteiger partial charge in [-0.3, -0.25) is 0 Å². The zero-order valence-corrected chi connectivity index (χ0v) is 10.2. The average Bonchev–Trinajstić information content (AvgIpc) is 2.07. The molecule has 5 heteroatoms. The van der Waals surface area contributed by atoms with Gasteiger partial charge in [-0.05, 0) is 40.0 Å². The summed E-state index contributed by atoms with van der Waals surface area (Å²) in [6.45, 7) is 5.31. The van der Waals surface area contributed by atoms with Gasteiger partial charge in [-0.15, -0.1) is 0 Å². The zero-order chi connectivity index (χ0) is 12.4. The van der Waals surface area contributed by atoms with Crippen molar-refractivity contribution in [1.82, 2.24) is 5.32 Å². The predicted octanol–water partition coefficient (Wildman–Crippen LogP) is 0.753. The number of hydrogen-bond donors (Lipinski definition) is 3. The van der Waals surface area contributed by atoms with Crippen molar-refractivity contribution in [2.24, 2.45) is 5.73 Å². The number of alkyl carbamates (subject to hydrolysis) is 1. The fourth-order valence-corrected chi connectivity index (χ4v) is 1.83. The second-order valence-corrected chi connectivity index (χ2v) is 5.43. The van der Waals surface area contributed by atoms with Gasteiger partial charge in [-0.25, -0.2) is 4.79 Å². The fourth-order valence-electron chi connectivity index (χ4n) is 1.83. The van der Waals surface area contributed by atoms with Crippen molar-refractivity contribution in [2.45, 2.75) is 57.2 Å². The second kappa shape index (κ2) is 4.59. The van der Waals surface area contributed by atoms with Crippen LogP contribution in [0.1, 0.15) is 40.0 Å². The summed E-state index contributed by atoms with van der Waals surface area (Å²) >= 11 is 0. The monoisotopic (exact) mass is 230 g/mol. The molecule has 0 unspecified atom stereocenters. The van der Waals surface area contributed by atoms with Crippen LogP contribution < -0.4 is 11.1 Å². The lowest BCUT2D eigenvalue weighted by molar-refractivity contribution is 0.0300. The highest BCUT2D eigenvalue weighted by molar-refractivity contribution is 5.69. The molecule has 16 heavy (non-hydrogen) atoms. The first-order valence-corrected chi connectivity index (χ1v) is 5.67. The van der Waals surface area contributed by atoms with Crippen molar-refractivity contribution in [3.8, 4) is 0 Å². The van der Waals surface area contributed by atoms with Gasteiger partial charge >= 0.3 is 6.09 Å². The molecular weight excluding hydrogens is 208 g/mol. The second-order valence-electron chi connectivity index (χ2n) is 5.43. The number of hydrogen-bond acceptors (Lipinski definition) is 4.